The lowest BCUT2D eigenvalue weighted by molar-refractivity contribution is -0.527. The van der Waals surface area contributed by atoms with Gasteiger partial charge in [-0.15, -0.1) is 9.72 Å². The highest BCUT2D eigenvalue weighted by atomic mass is 16.7. The van der Waals surface area contributed by atoms with Crippen molar-refractivity contribution in [3.63, 3.8) is 0 Å². The average Bonchev–Trinajstić information content (AvgIpc) is 3.70. The Balaban J connectivity index is 1.65. The Bertz CT molecular complexity index is 1570. The van der Waals surface area contributed by atoms with Gasteiger partial charge in [0.05, 0.1) is 20.0 Å². The van der Waals surface area contributed by atoms with Crippen molar-refractivity contribution in [1.82, 2.24) is 50.4 Å². The van der Waals surface area contributed by atoms with Crippen LogP contribution >= 0.6 is 0 Å². The highest BCUT2D eigenvalue weighted by Gasteiger charge is 2.41. The fraction of sp³-hybridized carbons (Fsp3) is 0.111. The summed E-state index contributed by atoms with van der Waals surface area (Å²) in [5, 5.41) is 91.8. The fourth-order valence-corrected chi connectivity index (χ4v) is 2.44. The van der Waals surface area contributed by atoms with E-state index in [1.165, 1.54) is 0 Å². The van der Waals surface area contributed by atoms with Crippen LogP contribution in [0.15, 0.2) is 32.4 Å². The molecule has 0 spiro atoms. The molecule has 0 N–H and O–H groups in total. The highest BCUT2D eigenvalue weighted by molar-refractivity contribution is 5.53. The van der Waals surface area contributed by atoms with Crippen LogP contribution < -0.4 is 10.0 Å². The molecule has 32 nitrogen and oxygen atoms in total. The van der Waals surface area contributed by atoms with Crippen molar-refractivity contribution in [2.45, 2.75) is 0 Å². The van der Waals surface area contributed by atoms with E-state index < -0.39 is 71.5 Å². The summed E-state index contributed by atoms with van der Waals surface area (Å²) >= 11 is 0. The normalized spacial score (nSPS) is 11.8. The maximum absolute atomic E-state index is 12.4. The van der Waals surface area contributed by atoms with Crippen LogP contribution in [-0.4, -0.2) is 86.7 Å². The van der Waals surface area contributed by atoms with E-state index in [-0.39, 0.29) is 19.6 Å². The second-order valence-electron chi connectivity index (χ2n) is 6.41. The number of hydrogen-bond donors (Lipinski definition) is 0. The van der Waals surface area contributed by atoms with Crippen LogP contribution in [-0.2, 0) is 0 Å². The molecule has 0 saturated heterocycles. The van der Waals surface area contributed by atoms with Gasteiger partial charge in [-0.1, -0.05) is 0 Å². The molecule has 0 aliphatic rings. The minimum atomic E-state index is -1.51. The minimum absolute atomic E-state index is 0.190. The van der Waals surface area contributed by atoms with Gasteiger partial charge in [-0.2, -0.15) is 9.26 Å². The van der Waals surface area contributed by atoms with E-state index in [1.807, 2.05) is 0 Å². The summed E-state index contributed by atoms with van der Waals surface area (Å²) in [7, 11) is 0. The van der Waals surface area contributed by atoms with Crippen LogP contribution in [0.2, 0.25) is 0 Å². The SMILES string of the molecule is O=[N+]([O-])c1ncn(N=[N+]([O-])c2nonc2N(CN(c2nonc2[N+]([O-])=Nn2cnc([N+](=O)[O-])n2)[N+](=O)[O-])[N+](=O)[O-])n1. The van der Waals surface area contributed by atoms with Gasteiger partial charge in [0.1, 0.15) is 20.5 Å². The number of hydrogen-bond acceptors (Lipinski definition) is 22. The third-order valence-electron chi connectivity index (χ3n) is 4.03. The van der Waals surface area contributed by atoms with Gasteiger partial charge in [0.15, 0.2) is 10.1 Å². The molecule has 0 amide bonds. The summed E-state index contributed by atoms with van der Waals surface area (Å²) < 4.78 is 8.57. The van der Waals surface area contributed by atoms with Crippen molar-refractivity contribution in [2.24, 2.45) is 10.4 Å². The van der Waals surface area contributed by atoms with E-state index in [9.17, 15) is 50.9 Å². The summed E-state index contributed by atoms with van der Waals surface area (Å²) in [6.07, 6.45) is 1.23. The Kier molecular flexibility index (Phi) is 6.82. The average molecular weight is 584 g/mol. The second-order valence-corrected chi connectivity index (χ2v) is 6.41. The molecular formula is C9H4N20O12. The van der Waals surface area contributed by atoms with Crippen molar-refractivity contribution in [1.29, 1.82) is 0 Å². The highest BCUT2D eigenvalue weighted by Crippen LogP contribution is 2.28. The van der Waals surface area contributed by atoms with Crippen LogP contribution in [0.1, 0.15) is 0 Å². The lowest BCUT2D eigenvalue weighted by Gasteiger charge is -2.15. The summed E-state index contributed by atoms with van der Waals surface area (Å²) in [6.45, 7) is -1.51. The number of hydrazine groups is 2. The van der Waals surface area contributed by atoms with Crippen LogP contribution in [0.25, 0.3) is 0 Å². The molecule has 212 valence electrons. The molecule has 0 saturated carbocycles. The topological polar surface area (TPSA) is 395 Å². The zero-order valence-corrected chi connectivity index (χ0v) is 18.7. The molecule has 0 bridgehead atoms. The van der Waals surface area contributed by atoms with Gasteiger partial charge in [-0.25, -0.2) is 20.2 Å². The van der Waals surface area contributed by atoms with Crippen molar-refractivity contribution in [3.05, 3.63) is 63.5 Å². The first-order valence-corrected chi connectivity index (χ1v) is 9.45. The largest absolute Gasteiger partial charge is 0.721 e. The van der Waals surface area contributed by atoms with Gasteiger partial charge in [-0.3, -0.25) is 0 Å². The van der Waals surface area contributed by atoms with Gasteiger partial charge in [0, 0.05) is 0 Å². The fourth-order valence-electron chi connectivity index (χ4n) is 2.44. The van der Waals surface area contributed by atoms with Gasteiger partial charge in [0.2, 0.25) is 6.67 Å². The third-order valence-corrected chi connectivity index (χ3v) is 4.03. The summed E-state index contributed by atoms with van der Waals surface area (Å²) in [4.78, 5) is 48.8. The Hall–Kier alpha value is -7.44. The molecule has 4 aromatic rings. The molecule has 0 aromatic carbocycles. The third kappa shape index (κ3) is 5.47. The lowest BCUT2D eigenvalue weighted by atomic mass is 10.6. The first-order chi connectivity index (χ1) is 19.5. The molecule has 32 heteroatoms. The van der Waals surface area contributed by atoms with Crippen molar-refractivity contribution in [3.8, 4) is 0 Å². The predicted molar refractivity (Wildman–Crippen MR) is 108 cm³/mol. The Labute approximate surface area is 216 Å². The minimum Gasteiger partial charge on any atom is -0.721 e. The monoisotopic (exact) mass is 584 g/mol. The Morgan fingerprint density at radius 3 is 1.39 bits per heavy atom. The van der Waals surface area contributed by atoms with Crippen LogP contribution in [0, 0.1) is 50.9 Å². The first kappa shape index (κ1) is 26.6. The first-order valence-electron chi connectivity index (χ1n) is 9.45. The molecule has 0 radical (unpaired) electrons. The molecule has 4 aromatic heterocycles. The molecule has 41 heavy (non-hydrogen) atoms. The van der Waals surface area contributed by atoms with Gasteiger partial charge >= 0.3 is 35.2 Å². The zero-order chi connectivity index (χ0) is 29.8. The van der Waals surface area contributed by atoms with E-state index in [1.54, 1.807) is 0 Å². The zero-order valence-electron chi connectivity index (χ0n) is 18.7. The standard InChI is InChI=1S/C9H4N20O12/c30-24(18-22-1-10-8(12-22)26(32)33)6-4(14-40-16-6)20(28(36)37)3-21(29(38)39)5-7(17-41-15-5)25(31)19-23-2-11-9(13-23)27(34)35/h1-2H,3H2. The lowest BCUT2D eigenvalue weighted by Crippen LogP contribution is -2.45. The summed E-state index contributed by atoms with van der Waals surface area (Å²) in [5.41, 5.74) is 0. The molecule has 0 fully saturated rings. The predicted octanol–water partition coefficient (Wildman–Crippen LogP) is -1.78. The van der Waals surface area contributed by atoms with E-state index in [0.29, 0.717) is 12.7 Å². The smallest absolute Gasteiger partial charge is 0.507 e. The maximum atomic E-state index is 12.4. The molecule has 0 aliphatic heterocycles. The molecule has 4 rings (SSSR count). The van der Waals surface area contributed by atoms with Crippen LogP contribution in [0.4, 0.5) is 35.2 Å². The quantitative estimate of drug-likeness (QED) is 0.0583. The Morgan fingerprint density at radius 2 is 1.07 bits per heavy atom. The van der Waals surface area contributed by atoms with Gasteiger partial charge < -0.3 is 30.6 Å². The number of rotatable bonds is 12. The number of aromatic nitrogens is 10. The maximum Gasteiger partial charge on any atom is 0.507 e. The molecule has 4 heterocycles. The molecule has 0 aliphatic carbocycles. The van der Waals surface area contributed by atoms with E-state index >= 15 is 0 Å². The number of nitrogens with zero attached hydrogens (tertiary/aromatic N) is 20. The van der Waals surface area contributed by atoms with E-state index in [2.05, 4.69) is 60.5 Å². The summed E-state index contributed by atoms with van der Waals surface area (Å²) in [5.74, 6) is -6.34. The van der Waals surface area contributed by atoms with Crippen molar-refractivity contribution >= 4 is 35.2 Å². The van der Waals surface area contributed by atoms with Gasteiger partial charge in [0.25, 0.3) is 12.7 Å². The van der Waals surface area contributed by atoms with E-state index in [4.69, 9.17) is 0 Å². The molecular weight excluding hydrogens is 580 g/mol. The molecule has 0 atom stereocenters. The number of anilines is 2. The summed E-state index contributed by atoms with van der Waals surface area (Å²) in [6, 6.07) is 0. The number of nitro groups is 4. The van der Waals surface area contributed by atoms with Gasteiger partial charge in [-0.05, 0) is 40.1 Å². The van der Waals surface area contributed by atoms with E-state index in [0.717, 1.165) is 0 Å². The van der Waals surface area contributed by atoms with Crippen molar-refractivity contribution < 1.29 is 38.9 Å². The van der Waals surface area contributed by atoms with Crippen molar-refractivity contribution in [2.75, 3.05) is 16.7 Å². The second kappa shape index (κ2) is 10.5. The molecule has 0 unspecified atom stereocenters. The Morgan fingerprint density at radius 1 is 0.683 bits per heavy atom. The van der Waals surface area contributed by atoms with Crippen LogP contribution in [0.5, 0.6) is 0 Å². The van der Waals surface area contributed by atoms with Crippen LogP contribution in [0.3, 0.4) is 0 Å².